The molecular formula is C12H16N3+. The van der Waals surface area contributed by atoms with Gasteiger partial charge in [-0.15, -0.1) is 0 Å². The van der Waals surface area contributed by atoms with Crippen molar-refractivity contribution >= 4 is 11.9 Å². The van der Waals surface area contributed by atoms with Crippen molar-refractivity contribution in [2.75, 3.05) is 0 Å². The van der Waals surface area contributed by atoms with Crippen molar-refractivity contribution < 1.29 is 5.32 Å². The zero-order valence-corrected chi connectivity index (χ0v) is 8.61. The molecule has 5 N–H and O–H groups in total. The summed E-state index contributed by atoms with van der Waals surface area (Å²) in [7, 11) is 0. The molecule has 1 aromatic rings. The molecule has 0 bridgehead atoms. The average molecular weight is 202 g/mol. The quantitative estimate of drug-likeness (QED) is 0.495. The number of hydrogen-bond donors (Lipinski definition) is 3. The molecule has 15 heavy (non-hydrogen) atoms. The summed E-state index contributed by atoms with van der Waals surface area (Å²) in [6, 6.07) is 8.32. The minimum Gasteiger partial charge on any atom is -0.321 e. The molecule has 0 radical (unpaired) electrons. The number of hydrogen-bond acceptors (Lipinski definition) is 2. The van der Waals surface area contributed by atoms with Crippen LogP contribution in [0.1, 0.15) is 18.4 Å². The number of allylic oxidation sites excluding steroid dienone is 1. The zero-order chi connectivity index (χ0) is 10.7. The summed E-state index contributed by atoms with van der Waals surface area (Å²) in [5.41, 5.74) is 8.42. The van der Waals surface area contributed by atoms with E-state index in [0.717, 1.165) is 18.5 Å². The van der Waals surface area contributed by atoms with Crippen LogP contribution in [0.15, 0.2) is 36.5 Å². The number of nitrogens with one attached hydrogen (secondary N) is 1. The molecule has 0 aromatic heterocycles. The molecule has 1 aromatic carbocycles. The molecule has 0 spiro atoms. The molecule has 0 unspecified atom stereocenters. The molecule has 2 rings (SSSR count). The van der Waals surface area contributed by atoms with E-state index in [2.05, 4.69) is 24.3 Å². The minimum atomic E-state index is -0.0384. The lowest BCUT2D eigenvalue weighted by molar-refractivity contribution is -0.496. The Kier molecular flexibility index (Phi) is 2.66. The van der Waals surface area contributed by atoms with Crippen LogP contribution in [0, 0.1) is 5.41 Å². The largest absolute Gasteiger partial charge is 0.321 e. The van der Waals surface area contributed by atoms with E-state index in [1.807, 2.05) is 11.5 Å². The Balaban J connectivity index is 2.04. The zero-order valence-electron chi connectivity index (χ0n) is 8.61. The predicted molar refractivity (Wildman–Crippen MR) is 61.1 cm³/mol. The van der Waals surface area contributed by atoms with Crippen LogP contribution in [0.4, 0.5) is 5.69 Å². The third-order valence-corrected chi connectivity index (χ3v) is 2.77. The highest BCUT2D eigenvalue weighted by Gasteiger charge is 2.39. The van der Waals surface area contributed by atoms with Gasteiger partial charge in [0.15, 0.2) is 0 Å². The second kappa shape index (κ2) is 3.96. The van der Waals surface area contributed by atoms with E-state index in [9.17, 15) is 0 Å². The van der Waals surface area contributed by atoms with Crippen LogP contribution in [-0.4, -0.2) is 6.21 Å². The Morgan fingerprint density at radius 1 is 1.27 bits per heavy atom. The summed E-state index contributed by atoms with van der Waals surface area (Å²) >= 11 is 0. The molecule has 1 aliphatic carbocycles. The standard InChI is InChI=1S/C12H15N3/c13-8-1-9-15-11-4-2-10(3-5-11)12(14)6-7-12/h1-5,8-9,13,15H,6-7,14H2/p+1. The van der Waals surface area contributed by atoms with Crippen molar-refractivity contribution in [2.45, 2.75) is 18.4 Å². The van der Waals surface area contributed by atoms with Gasteiger partial charge >= 0.3 is 0 Å². The van der Waals surface area contributed by atoms with E-state index in [0.29, 0.717) is 0 Å². The van der Waals surface area contributed by atoms with Gasteiger partial charge in [-0.25, -0.2) is 0 Å². The smallest absolute Gasteiger partial charge is 0.134 e. The molecule has 78 valence electrons. The first-order valence-electron chi connectivity index (χ1n) is 5.14. The third-order valence-electron chi connectivity index (χ3n) is 2.77. The van der Waals surface area contributed by atoms with Gasteiger partial charge < -0.3 is 11.1 Å². The fraction of sp³-hybridized carbons (Fsp3) is 0.250. The van der Waals surface area contributed by atoms with Crippen LogP contribution in [0.5, 0.6) is 0 Å². The Hall–Kier alpha value is -1.45. The summed E-state index contributed by atoms with van der Waals surface area (Å²) in [5.74, 6) is 0. The number of quaternary nitrogens is 1. The maximum absolute atomic E-state index is 6.84. The Labute approximate surface area is 89.5 Å². The molecule has 1 fully saturated rings. The fourth-order valence-electron chi connectivity index (χ4n) is 1.57. The monoisotopic (exact) mass is 202 g/mol. The van der Waals surface area contributed by atoms with E-state index in [1.165, 1.54) is 11.8 Å². The van der Waals surface area contributed by atoms with Crippen LogP contribution < -0.4 is 11.1 Å². The number of rotatable bonds is 4. The minimum absolute atomic E-state index is 0.0384. The molecule has 1 aliphatic rings. The van der Waals surface area contributed by atoms with E-state index >= 15 is 0 Å². The van der Waals surface area contributed by atoms with Crippen molar-refractivity contribution in [3.63, 3.8) is 0 Å². The first-order chi connectivity index (χ1) is 7.24. The van der Waals surface area contributed by atoms with Crippen molar-refractivity contribution in [3.8, 4) is 0 Å². The lowest BCUT2D eigenvalue weighted by Crippen LogP contribution is -2.70. The maximum Gasteiger partial charge on any atom is 0.134 e. The normalized spacial score (nSPS) is 17.9. The van der Waals surface area contributed by atoms with E-state index in [-0.39, 0.29) is 5.54 Å². The van der Waals surface area contributed by atoms with Gasteiger partial charge in [0.2, 0.25) is 0 Å². The molecular weight excluding hydrogens is 186 g/mol. The SMILES string of the molecule is N=CC=C[NH2+]c1ccc(C2(N)CC2)cc1. The van der Waals surface area contributed by atoms with Gasteiger partial charge in [0, 0.05) is 17.8 Å². The maximum atomic E-state index is 6.84. The summed E-state index contributed by atoms with van der Waals surface area (Å²) in [6.45, 7) is 0. The first-order valence-corrected chi connectivity index (χ1v) is 5.14. The van der Waals surface area contributed by atoms with E-state index < -0.39 is 0 Å². The Morgan fingerprint density at radius 3 is 2.47 bits per heavy atom. The molecule has 3 nitrogen and oxygen atoms in total. The molecule has 1 saturated carbocycles. The predicted octanol–water partition coefficient (Wildman–Crippen LogP) is 0.993. The molecule has 3 heteroatoms. The van der Waals surface area contributed by atoms with Gasteiger partial charge in [0.05, 0.1) is 6.20 Å². The van der Waals surface area contributed by atoms with Crippen molar-refractivity contribution in [3.05, 3.63) is 42.1 Å². The summed E-state index contributed by atoms with van der Waals surface area (Å²) in [5, 5.41) is 8.82. The highest BCUT2D eigenvalue weighted by atomic mass is 14.8. The summed E-state index contributed by atoms with van der Waals surface area (Å²) < 4.78 is 0. The molecule has 0 atom stereocenters. The van der Waals surface area contributed by atoms with Gasteiger partial charge in [-0.05, 0) is 30.5 Å². The van der Waals surface area contributed by atoms with Crippen LogP contribution in [-0.2, 0) is 5.54 Å². The molecule has 0 amide bonds. The lowest BCUT2D eigenvalue weighted by Gasteiger charge is -2.08. The summed E-state index contributed by atoms with van der Waals surface area (Å²) in [4.78, 5) is 0. The van der Waals surface area contributed by atoms with Crippen molar-refractivity contribution in [2.24, 2.45) is 5.73 Å². The number of nitrogens with two attached hydrogens (primary N) is 2. The fourth-order valence-corrected chi connectivity index (χ4v) is 1.57. The van der Waals surface area contributed by atoms with Gasteiger partial charge in [-0.2, -0.15) is 0 Å². The Morgan fingerprint density at radius 2 is 1.93 bits per heavy atom. The number of benzene rings is 1. The van der Waals surface area contributed by atoms with Gasteiger partial charge in [-0.1, -0.05) is 12.1 Å². The van der Waals surface area contributed by atoms with Crippen LogP contribution in [0.25, 0.3) is 0 Å². The van der Waals surface area contributed by atoms with Crippen LogP contribution in [0.3, 0.4) is 0 Å². The van der Waals surface area contributed by atoms with Crippen LogP contribution >= 0.6 is 0 Å². The summed E-state index contributed by atoms with van der Waals surface area (Å²) in [6.07, 6.45) is 7.02. The average Bonchev–Trinajstić information content (AvgIpc) is 2.99. The van der Waals surface area contributed by atoms with Gasteiger partial charge in [0.1, 0.15) is 5.69 Å². The molecule has 0 saturated heterocycles. The third kappa shape index (κ3) is 2.32. The molecule has 0 aliphatic heterocycles. The van der Waals surface area contributed by atoms with E-state index in [4.69, 9.17) is 11.1 Å². The molecule has 0 heterocycles. The van der Waals surface area contributed by atoms with Gasteiger partial charge in [-0.3, -0.25) is 5.32 Å². The second-order valence-electron chi connectivity index (χ2n) is 4.00. The highest BCUT2D eigenvalue weighted by Crippen LogP contribution is 2.42. The lowest BCUT2D eigenvalue weighted by atomic mass is 10.1. The van der Waals surface area contributed by atoms with Gasteiger partial charge in [0.25, 0.3) is 0 Å². The van der Waals surface area contributed by atoms with E-state index in [1.54, 1.807) is 6.08 Å². The Bertz CT molecular complexity index is 374. The van der Waals surface area contributed by atoms with Crippen molar-refractivity contribution in [1.29, 1.82) is 5.41 Å². The topological polar surface area (TPSA) is 66.5 Å². The second-order valence-corrected chi connectivity index (χ2v) is 4.00. The van der Waals surface area contributed by atoms with Crippen molar-refractivity contribution in [1.82, 2.24) is 0 Å². The van der Waals surface area contributed by atoms with Crippen LogP contribution in [0.2, 0.25) is 0 Å². The first kappa shape index (κ1) is 10.1. The highest BCUT2D eigenvalue weighted by molar-refractivity contribution is 5.66.